The van der Waals surface area contributed by atoms with Gasteiger partial charge in [-0.2, -0.15) is 4.31 Å². The van der Waals surface area contributed by atoms with E-state index in [0.717, 1.165) is 11.1 Å². The molecule has 3 aromatic rings. The molecule has 1 fully saturated rings. The number of benzene rings is 3. The van der Waals surface area contributed by atoms with E-state index in [2.05, 4.69) is 5.32 Å². The number of fused-ring (bicyclic) bond motifs is 2. The number of piperazine rings is 1. The normalized spacial score (nSPS) is 19.8. The van der Waals surface area contributed by atoms with E-state index in [9.17, 15) is 13.2 Å². The molecule has 1 N–H and O–H groups in total. The number of nitrogens with zero attached hydrogens (tertiary/aromatic N) is 2. The summed E-state index contributed by atoms with van der Waals surface area (Å²) in [6.07, 6.45) is 0. The van der Waals surface area contributed by atoms with Crippen molar-refractivity contribution >= 4 is 21.6 Å². The Labute approximate surface area is 193 Å². The van der Waals surface area contributed by atoms with Crippen LogP contribution < -0.4 is 10.1 Å². The van der Waals surface area contributed by atoms with E-state index in [-0.39, 0.29) is 36.5 Å². The van der Waals surface area contributed by atoms with Crippen LogP contribution in [-0.2, 0) is 14.8 Å². The zero-order valence-corrected chi connectivity index (χ0v) is 18.9. The van der Waals surface area contributed by atoms with Crippen LogP contribution in [0.3, 0.4) is 0 Å². The number of ether oxygens (including phenoxy) is 1. The first-order valence-electron chi connectivity index (χ1n) is 10.9. The standard InChI is InChI=1S/C25H25N3O4S/c29-25-17-27-13-14-28(33(30,31)22-9-5-2-6-10-22)16-21(27)18-32-24-12-11-20(15-23(24)26-25)19-7-3-1-4-8-19/h1-12,15,21H,13-14,16-18H2,(H,26,29)/t21-/m0/s1. The van der Waals surface area contributed by atoms with Gasteiger partial charge in [0.1, 0.15) is 12.4 Å². The molecule has 8 heteroatoms. The van der Waals surface area contributed by atoms with Crippen molar-refractivity contribution in [3.05, 3.63) is 78.9 Å². The number of anilines is 1. The van der Waals surface area contributed by atoms with Crippen molar-refractivity contribution in [1.29, 1.82) is 0 Å². The van der Waals surface area contributed by atoms with Gasteiger partial charge in [-0.15, -0.1) is 0 Å². The molecule has 7 nitrogen and oxygen atoms in total. The zero-order valence-electron chi connectivity index (χ0n) is 18.1. The Kier molecular flexibility index (Phi) is 5.88. The highest BCUT2D eigenvalue weighted by atomic mass is 32.2. The fourth-order valence-corrected chi connectivity index (χ4v) is 5.80. The first-order valence-corrected chi connectivity index (χ1v) is 12.4. The maximum Gasteiger partial charge on any atom is 0.243 e. The quantitative estimate of drug-likeness (QED) is 0.646. The zero-order chi connectivity index (χ0) is 22.8. The van der Waals surface area contributed by atoms with Gasteiger partial charge in [0.15, 0.2) is 0 Å². The van der Waals surface area contributed by atoms with Crippen LogP contribution in [0, 0.1) is 0 Å². The van der Waals surface area contributed by atoms with E-state index in [1.54, 1.807) is 30.3 Å². The van der Waals surface area contributed by atoms with Crippen molar-refractivity contribution in [3.63, 3.8) is 0 Å². The van der Waals surface area contributed by atoms with E-state index >= 15 is 0 Å². The number of hydrogen-bond acceptors (Lipinski definition) is 5. The number of hydrogen-bond donors (Lipinski definition) is 1. The summed E-state index contributed by atoms with van der Waals surface area (Å²) in [6.45, 7) is 1.52. The number of carbonyl (C=O) groups is 1. The second-order valence-corrected chi connectivity index (χ2v) is 10.2. The van der Waals surface area contributed by atoms with Crippen LogP contribution in [-0.4, -0.2) is 62.4 Å². The Hall–Kier alpha value is -3.20. The monoisotopic (exact) mass is 463 g/mol. The number of nitrogens with one attached hydrogen (secondary N) is 1. The largest absolute Gasteiger partial charge is 0.490 e. The average Bonchev–Trinajstić information content (AvgIpc) is 2.91. The molecule has 1 saturated heterocycles. The highest BCUT2D eigenvalue weighted by molar-refractivity contribution is 7.89. The Morgan fingerprint density at radius 3 is 2.36 bits per heavy atom. The Morgan fingerprint density at radius 1 is 0.879 bits per heavy atom. The molecule has 3 aromatic carbocycles. The number of sulfonamides is 1. The molecule has 2 aliphatic heterocycles. The highest BCUT2D eigenvalue weighted by Crippen LogP contribution is 2.32. The molecule has 0 aliphatic carbocycles. The van der Waals surface area contributed by atoms with Crippen molar-refractivity contribution < 1.29 is 17.9 Å². The van der Waals surface area contributed by atoms with E-state index in [1.807, 2.05) is 53.4 Å². The van der Waals surface area contributed by atoms with Crippen LogP contribution >= 0.6 is 0 Å². The fraction of sp³-hybridized carbons (Fsp3) is 0.240. The fourth-order valence-electron chi connectivity index (χ4n) is 4.31. The van der Waals surface area contributed by atoms with Crippen molar-refractivity contribution in [3.8, 4) is 16.9 Å². The molecule has 33 heavy (non-hydrogen) atoms. The van der Waals surface area contributed by atoms with Gasteiger partial charge in [0, 0.05) is 19.6 Å². The smallest absolute Gasteiger partial charge is 0.243 e. The highest BCUT2D eigenvalue weighted by Gasteiger charge is 2.36. The summed E-state index contributed by atoms with van der Waals surface area (Å²) in [6, 6.07) is 23.9. The first kappa shape index (κ1) is 21.6. The average molecular weight is 464 g/mol. The van der Waals surface area contributed by atoms with Crippen LogP contribution in [0.4, 0.5) is 5.69 Å². The van der Waals surface area contributed by atoms with E-state index in [4.69, 9.17) is 4.74 Å². The first-order chi connectivity index (χ1) is 16.0. The molecule has 0 aromatic heterocycles. The molecule has 170 valence electrons. The molecule has 0 unspecified atom stereocenters. The lowest BCUT2D eigenvalue weighted by Gasteiger charge is -2.39. The van der Waals surface area contributed by atoms with Gasteiger partial charge < -0.3 is 10.1 Å². The van der Waals surface area contributed by atoms with E-state index < -0.39 is 10.0 Å². The molecule has 5 rings (SSSR count). The minimum atomic E-state index is -3.60. The van der Waals surface area contributed by atoms with E-state index in [1.165, 1.54) is 4.31 Å². The molecule has 0 saturated carbocycles. The summed E-state index contributed by atoms with van der Waals surface area (Å²) in [4.78, 5) is 15.1. The number of carbonyl (C=O) groups excluding carboxylic acids is 1. The van der Waals surface area contributed by atoms with Gasteiger partial charge in [0.05, 0.1) is 23.2 Å². The van der Waals surface area contributed by atoms with Crippen molar-refractivity contribution in [2.45, 2.75) is 10.9 Å². The van der Waals surface area contributed by atoms with Crippen LogP contribution in [0.1, 0.15) is 0 Å². The lowest BCUT2D eigenvalue weighted by molar-refractivity contribution is -0.118. The van der Waals surface area contributed by atoms with Crippen LogP contribution in [0.5, 0.6) is 5.75 Å². The van der Waals surface area contributed by atoms with Gasteiger partial charge in [0.2, 0.25) is 15.9 Å². The molecular weight excluding hydrogens is 438 g/mol. The number of amides is 1. The minimum absolute atomic E-state index is 0.142. The third-order valence-electron chi connectivity index (χ3n) is 6.09. The predicted octanol–water partition coefficient (Wildman–Crippen LogP) is 3.06. The second-order valence-electron chi connectivity index (χ2n) is 8.24. The van der Waals surface area contributed by atoms with Gasteiger partial charge in [-0.1, -0.05) is 54.6 Å². The Bertz CT molecular complexity index is 1250. The number of rotatable bonds is 3. The third-order valence-corrected chi connectivity index (χ3v) is 7.97. The maximum absolute atomic E-state index is 13.1. The summed E-state index contributed by atoms with van der Waals surface area (Å²) < 4.78 is 33.8. The molecule has 2 heterocycles. The van der Waals surface area contributed by atoms with Gasteiger partial charge in [-0.3, -0.25) is 9.69 Å². The molecular formula is C25H25N3O4S. The molecule has 1 amide bonds. The van der Waals surface area contributed by atoms with Gasteiger partial charge in [-0.25, -0.2) is 8.42 Å². The van der Waals surface area contributed by atoms with Crippen molar-refractivity contribution in [1.82, 2.24) is 9.21 Å². The molecule has 0 bridgehead atoms. The second kappa shape index (κ2) is 8.97. The molecule has 2 aliphatic rings. The van der Waals surface area contributed by atoms with Crippen molar-refractivity contribution in [2.75, 3.05) is 38.1 Å². The topological polar surface area (TPSA) is 79.0 Å². The molecule has 0 spiro atoms. The molecule has 1 atom stereocenters. The van der Waals surface area contributed by atoms with E-state index in [0.29, 0.717) is 24.5 Å². The van der Waals surface area contributed by atoms with Crippen molar-refractivity contribution in [2.24, 2.45) is 0 Å². The maximum atomic E-state index is 13.1. The Balaban J connectivity index is 1.38. The summed E-state index contributed by atoms with van der Waals surface area (Å²) in [5.41, 5.74) is 2.65. The molecule has 0 radical (unpaired) electrons. The van der Waals surface area contributed by atoms with Crippen LogP contribution in [0.2, 0.25) is 0 Å². The lowest BCUT2D eigenvalue weighted by atomic mass is 10.0. The third kappa shape index (κ3) is 4.50. The SMILES string of the molecule is O=C1CN2CCN(S(=O)(=O)c3ccccc3)C[C@H]2COc2ccc(-c3ccccc3)cc2N1. The minimum Gasteiger partial charge on any atom is -0.490 e. The lowest BCUT2D eigenvalue weighted by Crippen LogP contribution is -2.57. The summed E-state index contributed by atoms with van der Waals surface area (Å²) >= 11 is 0. The summed E-state index contributed by atoms with van der Waals surface area (Å²) in [5, 5.41) is 2.98. The van der Waals surface area contributed by atoms with Crippen LogP contribution in [0.25, 0.3) is 11.1 Å². The Morgan fingerprint density at radius 2 is 1.61 bits per heavy atom. The van der Waals surface area contributed by atoms with Gasteiger partial charge in [0.25, 0.3) is 0 Å². The summed E-state index contributed by atoms with van der Waals surface area (Å²) in [5.74, 6) is 0.434. The predicted molar refractivity (Wildman–Crippen MR) is 127 cm³/mol. The summed E-state index contributed by atoms with van der Waals surface area (Å²) in [7, 11) is -3.60. The van der Waals surface area contributed by atoms with Gasteiger partial charge >= 0.3 is 0 Å². The van der Waals surface area contributed by atoms with Gasteiger partial charge in [-0.05, 0) is 35.4 Å². The van der Waals surface area contributed by atoms with Crippen LogP contribution in [0.15, 0.2) is 83.8 Å².